The minimum absolute atomic E-state index is 0.210. The second-order valence-corrected chi connectivity index (χ2v) is 4.63. The molecule has 1 heterocycles. The standard InChI is InChI=1S/C14H10ClN3O3/c1-8(17-18-13(19)4-5-16)11-7-9-6-10(15)2-3-12(9)21-14(11)20/h2-3,6-7H,4H2,1H3,(H,18,19)/b17-8+. The van der Waals surface area contributed by atoms with Crippen LogP contribution in [0.2, 0.25) is 5.02 Å². The molecular formula is C14H10ClN3O3. The van der Waals surface area contributed by atoms with Crippen molar-refractivity contribution >= 4 is 34.2 Å². The van der Waals surface area contributed by atoms with Gasteiger partial charge in [0.05, 0.1) is 17.3 Å². The van der Waals surface area contributed by atoms with Crippen molar-refractivity contribution in [1.29, 1.82) is 5.26 Å². The summed E-state index contributed by atoms with van der Waals surface area (Å²) in [6, 6.07) is 8.16. The highest BCUT2D eigenvalue weighted by Gasteiger charge is 2.09. The Balaban J connectivity index is 2.39. The van der Waals surface area contributed by atoms with Gasteiger partial charge in [-0.25, -0.2) is 10.2 Å². The van der Waals surface area contributed by atoms with E-state index in [1.807, 2.05) is 0 Å². The topological polar surface area (TPSA) is 95.5 Å². The lowest BCUT2D eigenvalue weighted by Crippen LogP contribution is -2.20. The van der Waals surface area contributed by atoms with Gasteiger partial charge in [0.2, 0.25) is 0 Å². The molecule has 0 radical (unpaired) electrons. The van der Waals surface area contributed by atoms with Crippen LogP contribution in [0.3, 0.4) is 0 Å². The number of benzene rings is 1. The molecular weight excluding hydrogens is 294 g/mol. The number of carbonyl (C=O) groups excluding carboxylic acids is 1. The van der Waals surface area contributed by atoms with Gasteiger partial charge in [-0.3, -0.25) is 4.79 Å². The second-order valence-electron chi connectivity index (χ2n) is 4.20. The van der Waals surface area contributed by atoms with Gasteiger partial charge in [0, 0.05) is 10.4 Å². The highest BCUT2D eigenvalue weighted by molar-refractivity contribution is 6.31. The number of carbonyl (C=O) groups is 1. The summed E-state index contributed by atoms with van der Waals surface area (Å²) in [6.45, 7) is 1.55. The van der Waals surface area contributed by atoms with Crippen molar-refractivity contribution in [1.82, 2.24) is 5.43 Å². The molecule has 0 bridgehead atoms. The van der Waals surface area contributed by atoms with Crippen LogP contribution in [0, 0.1) is 11.3 Å². The molecule has 0 fully saturated rings. The molecule has 106 valence electrons. The third-order valence-electron chi connectivity index (χ3n) is 2.67. The molecule has 1 N–H and O–H groups in total. The van der Waals surface area contributed by atoms with E-state index < -0.39 is 11.5 Å². The van der Waals surface area contributed by atoms with E-state index in [9.17, 15) is 9.59 Å². The molecule has 0 aliphatic heterocycles. The van der Waals surface area contributed by atoms with Gasteiger partial charge >= 0.3 is 5.63 Å². The van der Waals surface area contributed by atoms with Crippen molar-refractivity contribution < 1.29 is 9.21 Å². The van der Waals surface area contributed by atoms with Gasteiger partial charge in [-0.1, -0.05) is 11.6 Å². The molecule has 0 unspecified atom stereocenters. The van der Waals surface area contributed by atoms with Crippen LogP contribution < -0.4 is 11.1 Å². The van der Waals surface area contributed by atoms with Crippen LogP contribution in [0.4, 0.5) is 0 Å². The van der Waals surface area contributed by atoms with Gasteiger partial charge in [-0.2, -0.15) is 10.4 Å². The predicted molar refractivity (Wildman–Crippen MR) is 78.1 cm³/mol. The minimum atomic E-state index is -0.569. The number of hydrogen-bond acceptors (Lipinski definition) is 5. The summed E-state index contributed by atoms with van der Waals surface area (Å²) in [4.78, 5) is 23.0. The Labute approximate surface area is 124 Å². The van der Waals surface area contributed by atoms with E-state index in [4.69, 9.17) is 21.3 Å². The molecule has 1 aromatic carbocycles. The Morgan fingerprint density at radius 1 is 1.48 bits per heavy atom. The van der Waals surface area contributed by atoms with Gasteiger partial charge in [0.15, 0.2) is 0 Å². The number of nitrogens with zero attached hydrogens (tertiary/aromatic N) is 2. The van der Waals surface area contributed by atoms with Crippen molar-refractivity contribution in [3.8, 4) is 6.07 Å². The van der Waals surface area contributed by atoms with Gasteiger partial charge in [0.25, 0.3) is 5.91 Å². The molecule has 2 aromatic rings. The fourth-order valence-corrected chi connectivity index (χ4v) is 1.84. The fraction of sp³-hybridized carbons (Fsp3) is 0.143. The first-order valence-electron chi connectivity index (χ1n) is 5.95. The van der Waals surface area contributed by atoms with E-state index in [0.29, 0.717) is 16.0 Å². The van der Waals surface area contributed by atoms with Crippen molar-refractivity contribution in [2.75, 3.05) is 0 Å². The summed E-state index contributed by atoms with van der Waals surface area (Å²) in [5.41, 5.74) is 2.52. The fourth-order valence-electron chi connectivity index (χ4n) is 1.66. The monoisotopic (exact) mass is 303 g/mol. The maximum Gasteiger partial charge on any atom is 0.345 e. The summed E-state index contributed by atoms with van der Waals surface area (Å²) < 4.78 is 5.16. The summed E-state index contributed by atoms with van der Waals surface area (Å²) in [5, 5.41) is 13.3. The number of halogens is 1. The first-order valence-corrected chi connectivity index (χ1v) is 6.33. The molecule has 0 saturated heterocycles. The lowest BCUT2D eigenvalue weighted by molar-refractivity contribution is -0.120. The number of nitrogens with one attached hydrogen (secondary N) is 1. The molecule has 1 aromatic heterocycles. The molecule has 0 atom stereocenters. The largest absolute Gasteiger partial charge is 0.422 e. The lowest BCUT2D eigenvalue weighted by Gasteiger charge is -2.03. The first kappa shape index (κ1) is 14.8. The molecule has 21 heavy (non-hydrogen) atoms. The van der Waals surface area contributed by atoms with Gasteiger partial charge in [0.1, 0.15) is 12.0 Å². The zero-order valence-corrected chi connectivity index (χ0v) is 11.8. The van der Waals surface area contributed by atoms with Gasteiger partial charge < -0.3 is 4.42 Å². The van der Waals surface area contributed by atoms with E-state index >= 15 is 0 Å². The summed E-state index contributed by atoms with van der Waals surface area (Å²) in [7, 11) is 0. The zero-order chi connectivity index (χ0) is 15.4. The van der Waals surface area contributed by atoms with E-state index in [2.05, 4.69) is 10.5 Å². The average molecular weight is 304 g/mol. The Morgan fingerprint density at radius 3 is 2.95 bits per heavy atom. The Hall–Kier alpha value is -2.65. The molecule has 0 aliphatic rings. The van der Waals surface area contributed by atoms with Crippen molar-refractivity contribution in [2.45, 2.75) is 13.3 Å². The first-order chi connectivity index (χ1) is 10.0. The quantitative estimate of drug-likeness (QED) is 0.534. The highest BCUT2D eigenvalue weighted by atomic mass is 35.5. The van der Waals surface area contributed by atoms with Crippen LogP contribution in [-0.4, -0.2) is 11.6 Å². The summed E-state index contributed by atoms with van der Waals surface area (Å²) in [6.07, 6.45) is -0.307. The number of rotatable bonds is 3. The highest BCUT2D eigenvalue weighted by Crippen LogP contribution is 2.18. The van der Waals surface area contributed by atoms with Crippen LogP contribution in [0.15, 0.2) is 38.6 Å². The Morgan fingerprint density at radius 2 is 2.24 bits per heavy atom. The smallest absolute Gasteiger partial charge is 0.345 e. The van der Waals surface area contributed by atoms with Crippen molar-refractivity contribution in [3.63, 3.8) is 0 Å². The number of amides is 1. The van der Waals surface area contributed by atoms with Crippen molar-refractivity contribution in [3.05, 3.63) is 45.3 Å². The SMILES string of the molecule is C/C(=N\NC(=O)CC#N)c1cc2cc(Cl)ccc2oc1=O. The normalized spacial score (nSPS) is 11.2. The lowest BCUT2D eigenvalue weighted by atomic mass is 10.1. The van der Waals surface area contributed by atoms with Gasteiger partial charge in [-0.05, 0) is 31.2 Å². The molecule has 1 amide bonds. The van der Waals surface area contributed by atoms with Crippen molar-refractivity contribution in [2.24, 2.45) is 5.10 Å². The zero-order valence-electron chi connectivity index (χ0n) is 11.0. The number of hydrazone groups is 1. The number of fused-ring (bicyclic) bond motifs is 1. The third kappa shape index (κ3) is 3.46. The van der Waals surface area contributed by atoms with Crippen LogP contribution in [-0.2, 0) is 4.79 Å². The maximum atomic E-state index is 11.9. The van der Waals surface area contributed by atoms with Crippen LogP contribution >= 0.6 is 11.6 Å². The Kier molecular flexibility index (Phi) is 4.36. The third-order valence-corrected chi connectivity index (χ3v) is 2.91. The molecule has 0 aliphatic carbocycles. The maximum absolute atomic E-state index is 11.9. The molecule has 7 heteroatoms. The van der Waals surface area contributed by atoms with Crippen LogP contribution in [0.25, 0.3) is 11.0 Å². The number of hydrogen-bond donors (Lipinski definition) is 1. The number of nitriles is 1. The second kappa shape index (κ2) is 6.20. The van der Waals surface area contributed by atoms with Crippen LogP contribution in [0.5, 0.6) is 0 Å². The molecule has 2 rings (SSSR count). The minimum Gasteiger partial charge on any atom is -0.422 e. The van der Waals surface area contributed by atoms with E-state index in [0.717, 1.165) is 0 Å². The van der Waals surface area contributed by atoms with E-state index in [1.54, 1.807) is 37.3 Å². The van der Waals surface area contributed by atoms with Crippen LogP contribution in [0.1, 0.15) is 18.9 Å². The molecule has 0 saturated carbocycles. The van der Waals surface area contributed by atoms with Gasteiger partial charge in [-0.15, -0.1) is 0 Å². The Bertz CT molecular complexity index is 833. The molecule has 6 nitrogen and oxygen atoms in total. The predicted octanol–water partition coefficient (Wildman–Crippen LogP) is 2.20. The van der Waals surface area contributed by atoms with E-state index in [1.165, 1.54) is 0 Å². The average Bonchev–Trinajstić information content (AvgIpc) is 2.45. The molecule has 0 spiro atoms. The summed E-state index contributed by atoms with van der Waals surface area (Å²) in [5.74, 6) is -0.551. The summed E-state index contributed by atoms with van der Waals surface area (Å²) >= 11 is 5.89. The van der Waals surface area contributed by atoms with E-state index in [-0.39, 0.29) is 17.7 Å².